The van der Waals surface area contributed by atoms with Crippen LogP contribution in [0.1, 0.15) is 19.3 Å². The molecule has 0 saturated carbocycles. The second kappa shape index (κ2) is 14.5. The van der Waals surface area contributed by atoms with Gasteiger partial charge in [-0.1, -0.05) is 18.6 Å². The van der Waals surface area contributed by atoms with Crippen molar-refractivity contribution >= 4 is 35.7 Å². The Bertz CT molecular complexity index is 1100. The normalized spacial score (nSPS) is 10.4. The first-order chi connectivity index (χ1) is 17.1. The minimum Gasteiger partial charge on any atom is -0.493 e. The molecule has 0 unspecified atom stereocenters. The highest BCUT2D eigenvalue weighted by atomic mass is 35.5. The van der Waals surface area contributed by atoms with E-state index in [2.05, 4.69) is 9.69 Å². The quantitative estimate of drug-likeness (QED) is 0.244. The SMILES string of the molecule is COc1cc(-c2sncc2-c2cccc(N(OC)C(=O)NCCCCCN)c2)cc(OC)c1OC.Cl. The molecule has 0 radical (unpaired) electrons. The van der Waals surface area contributed by atoms with Gasteiger partial charge in [0.2, 0.25) is 5.75 Å². The predicted octanol–water partition coefficient (Wildman–Crippen LogP) is 5.13. The van der Waals surface area contributed by atoms with E-state index in [1.807, 2.05) is 36.4 Å². The van der Waals surface area contributed by atoms with Gasteiger partial charge in [-0.15, -0.1) is 12.4 Å². The van der Waals surface area contributed by atoms with Crippen LogP contribution >= 0.6 is 23.9 Å². The molecule has 0 aliphatic rings. The van der Waals surface area contributed by atoms with Crippen molar-refractivity contribution in [3.63, 3.8) is 0 Å². The van der Waals surface area contributed by atoms with Crippen LogP contribution in [-0.4, -0.2) is 51.9 Å². The van der Waals surface area contributed by atoms with Gasteiger partial charge in [-0.3, -0.25) is 4.84 Å². The van der Waals surface area contributed by atoms with Crippen LogP contribution in [0.4, 0.5) is 10.5 Å². The number of hydrogen-bond donors (Lipinski definition) is 2. The van der Waals surface area contributed by atoms with Gasteiger partial charge < -0.3 is 25.3 Å². The molecule has 196 valence electrons. The molecule has 3 rings (SSSR count). The fourth-order valence-corrected chi connectivity index (χ4v) is 4.44. The molecule has 11 heteroatoms. The number of nitrogens with zero attached hydrogens (tertiary/aromatic N) is 2. The van der Waals surface area contributed by atoms with Crippen LogP contribution in [0.25, 0.3) is 21.6 Å². The van der Waals surface area contributed by atoms with E-state index in [4.69, 9.17) is 24.8 Å². The number of rotatable bonds is 12. The third-order valence-corrected chi connectivity index (χ3v) is 6.26. The Morgan fingerprint density at radius 2 is 1.72 bits per heavy atom. The number of nitrogens with one attached hydrogen (secondary N) is 1. The van der Waals surface area contributed by atoms with E-state index in [1.165, 1.54) is 23.7 Å². The maximum atomic E-state index is 12.7. The lowest BCUT2D eigenvalue weighted by atomic mass is 10.0. The van der Waals surface area contributed by atoms with Gasteiger partial charge in [0.25, 0.3) is 0 Å². The molecule has 2 amide bonds. The summed E-state index contributed by atoms with van der Waals surface area (Å²) in [6.45, 7) is 1.21. The van der Waals surface area contributed by atoms with Gasteiger partial charge in [0.15, 0.2) is 11.5 Å². The maximum absolute atomic E-state index is 12.7. The lowest BCUT2D eigenvalue weighted by Gasteiger charge is -2.21. The Hall–Kier alpha value is -3.05. The van der Waals surface area contributed by atoms with E-state index in [0.717, 1.165) is 40.8 Å². The molecular formula is C25H33ClN4O5S. The number of anilines is 1. The summed E-state index contributed by atoms with van der Waals surface area (Å²) in [7, 11) is 6.21. The number of hydrogen-bond acceptors (Lipinski definition) is 8. The summed E-state index contributed by atoms with van der Waals surface area (Å²) in [6, 6.07) is 11.0. The molecule has 1 heterocycles. The number of urea groups is 1. The molecule has 0 saturated heterocycles. The van der Waals surface area contributed by atoms with Gasteiger partial charge >= 0.3 is 6.03 Å². The predicted molar refractivity (Wildman–Crippen MR) is 146 cm³/mol. The first kappa shape index (κ1) is 29.2. The van der Waals surface area contributed by atoms with E-state index >= 15 is 0 Å². The van der Waals surface area contributed by atoms with Crippen LogP contribution < -0.4 is 30.3 Å². The molecule has 0 atom stereocenters. The minimum absolute atomic E-state index is 0. The molecule has 0 aliphatic heterocycles. The van der Waals surface area contributed by atoms with Crippen LogP contribution in [0.15, 0.2) is 42.6 Å². The molecule has 3 N–H and O–H groups in total. The zero-order chi connectivity index (χ0) is 25.2. The Morgan fingerprint density at radius 3 is 2.33 bits per heavy atom. The number of methoxy groups -OCH3 is 3. The summed E-state index contributed by atoms with van der Waals surface area (Å²) < 4.78 is 20.9. The Labute approximate surface area is 222 Å². The summed E-state index contributed by atoms with van der Waals surface area (Å²) in [5, 5.41) is 4.13. The van der Waals surface area contributed by atoms with Crippen LogP contribution in [0, 0.1) is 0 Å². The molecule has 0 spiro atoms. The number of carbonyl (C=O) groups is 1. The van der Waals surface area contributed by atoms with Crippen LogP contribution in [0.3, 0.4) is 0 Å². The van der Waals surface area contributed by atoms with E-state index in [0.29, 0.717) is 36.0 Å². The summed E-state index contributed by atoms with van der Waals surface area (Å²) in [5.41, 5.74) is 8.80. The van der Waals surface area contributed by atoms with Crippen molar-refractivity contribution in [2.45, 2.75) is 19.3 Å². The third-order valence-electron chi connectivity index (χ3n) is 5.41. The number of hydroxylamine groups is 1. The highest BCUT2D eigenvalue weighted by molar-refractivity contribution is 7.10. The summed E-state index contributed by atoms with van der Waals surface area (Å²) in [6.07, 6.45) is 4.57. The van der Waals surface area contributed by atoms with Gasteiger partial charge in [-0.05, 0) is 60.7 Å². The number of nitrogens with two attached hydrogens (primary N) is 1. The van der Waals surface area contributed by atoms with E-state index < -0.39 is 0 Å². The molecule has 9 nitrogen and oxygen atoms in total. The smallest absolute Gasteiger partial charge is 0.346 e. The molecule has 3 aromatic rings. The zero-order valence-electron chi connectivity index (χ0n) is 20.9. The molecule has 0 aliphatic carbocycles. The Balaban J connectivity index is 0.00000456. The Morgan fingerprint density at radius 1 is 1.00 bits per heavy atom. The maximum Gasteiger partial charge on any atom is 0.346 e. The number of ether oxygens (including phenoxy) is 3. The average Bonchev–Trinajstić information content (AvgIpc) is 3.38. The van der Waals surface area contributed by atoms with Gasteiger partial charge in [0.1, 0.15) is 0 Å². The van der Waals surface area contributed by atoms with Crippen molar-refractivity contribution < 1.29 is 23.8 Å². The number of carbonyl (C=O) groups excluding carboxylic acids is 1. The second-order valence-electron chi connectivity index (χ2n) is 7.59. The summed E-state index contributed by atoms with van der Waals surface area (Å²) in [4.78, 5) is 19.0. The number of aromatic nitrogens is 1. The first-order valence-corrected chi connectivity index (χ1v) is 12.0. The number of benzene rings is 2. The largest absolute Gasteiger partial charge is 0.493 e. The van der Waals surface area contributed by atoms with E-state index in [9.17, 15) is 4.79 Å². The van der Waals surface area contributed by atoms with Crippen molar-refractivity contribution in [3.8, 4) is 38.8 Å². The lowest BCUT2D eigenvalue weighted by molar-refractivity contribution is 0.163. The van der Waals surface area contributed by atoms with Crippen LogP contribution in [0.5, 0.6) is 17.2 Å². The highest BCUT2D eigenvalue weighted by Crippen LogP contribution is 2.44. The molecule has 0 bridgehead atoms. The van der Waals surface area contributed by atoms with E-state index in [-0.39, 0.29) is 18.4 Å². The fourth-order valence-electron chi connectivity index (χ4n) is 3.68. The van der Waals surface area contributed by atoms with Crippen molar-refractivity contribution in [2.24, 2.45) is 5.73 Å². The lowest BCUT2D eigenvalue weighted by Crippen LogP contribution is -2.39. The number of amides is 2. The van der Waals surface area contributed by atoms with Crippen molar-refractivity contribution in [1.82, 2.24) is 9.69 Å². The molecule has 0 fully saturated rings. The third kappa shape index (κ3) is 6.79. The van der Waals surface area contributed by atoms with Crippen LogP contribution in [-0.2, 0) is 4.84 Å². The average molecular weight is 537 g/mol. The molecule has 1 aromatic heterocycles. The summed E-state index contributed by atoms with van der Waals surface area (Å²) >= 11 is 1.36. The molecular weight excluding hydrogens is 504 g/mol. The Kier molecular flexibility index (Phi) is 11.7. The monoisotopic (exact) mass is 536 g/mol. The van der Waals surface area contributed by atoms with Gasteiger partial charge in [0, 0.05) is 23.9 Å². The van der Waals surface area contributed by atoms with E-state index in [1.54, 1.807) is 27.5 Å². The summed E-state index contributed by atoms with van der Waals surface area (Å²) in [5.74, 6) is 1.64. The van der Waals surface area contributed by atoms with Gasteiger partial charge in [-0.2, -0.15) is 9.44 Å². The van der Waals surface area contributed by atoms with Crippen LogP contribution in [0.2, 0.25) is 0 Å². The number of unbranched alkanes of at least 4 members (excludes halogenated alkanes) is 2. The van der Waals surface area contributed by atoms with Crippen molar-refractivity contribution in [3.05, 3.63) is 42.6 Å². The first-order valence-electron chi connectivity index (χ1n) is 11.3. The topological polar surface area (TPSA) is 108 Å². The minimum atomic E-state index is -0.328. The number of halogens is 1. The van der Waals surface area contributed by atoms with Gasteiger partial charge in [0.05, 0.1) is 39.0 Å². The molecule has 36 heavy (non-hydrogen) atoms. The van der Waals surface area contributed by atoms with Gasteiger partial charge in [-0.25, -0.2) is 4.79 Å². The highest BCUT2D eigenvalue weighted by Gasteiger charge is 2.20. The van der Waals surface area contributed by atoms with Crippen molar-refractivity contribution in [2.75, 3.05) is 46.6 Å². The fraction of sp³-hybridized carbons (Fsp3) is 0.360. The zero-order valence-corrected chi connectivity index (χ0v) is 22.5. The molecule has 2 aromatic carbocycles. The second-order valence-corrected chi connectivity index (χ2v) is 8.39. The van der Waals surface area contributed by atoms with Crippen molar-refractivity contribution in [1.29, 1.82) is 0 Å². The standard InChI is InChI=1S/C25H32N4O5S.ClH/c1-31-21-14-18(15-22(32-2)23(21)33-3)24-20(16-28-35-24)17-9-8-10-19(13-17)29(34-4)25(30)27-12-7-5-6-11-26;/h8-10,13-16H,5-7,11-12,26H2,1-4H3,(H,27,30);1H.